The van der Waals surface area contributed by atoms with Gasteiger partial charge in [-0.15, -0.1) is 0 Å². The molecule has 5 heteroatoms. The second kappa shape index (κ2) is 5.13. The molecule has 0 unspecified atom stereocenters. The number of carbonyl (C=O) groups is 1. The zero-order valence-electron chi connectivity index (χ0n) is 12.5. The summed E-state index contributed by atoms with van der Waals surface area (Å²) < 4.78 is 0.866. The molecular weight excluding hydrogens is 344 g/mol. The number of nitriles is 1. The third kappa shape index (κ3) is 1.90. The molecule has 114 valence electrons. The van der Waals surface area contributed by atoms with Crippen molar-refractivity contribution in [3.8, 4) is 6.07 Å². The number of rotatable bonds is 3. The lowest BCUT2D eigenvalue weighted by atomic mass is 9.67. The topological polar surface area (TPSA) is 64.3 Å². The molecule has 0 spiro atoms. The van der Waals surface area contributed by atoms with Gasteiger partial charge < -0.3 is 10.0 Å². The summed E-state index contributed by atoms with van der Waals surface area (Å²) in [6.07, 6.45) is 4.72. The number of nitrogens with zero attached hydrogens (tertiary/aromatic N) is 2. The van der Waals surface area contributed by atoms with Crippen molar-refractivity contribution in [2.75, 3.05) is 19.0 Å². The highest BCUT2D eigenvalue weighted by molar-refractivity contribution is 9.10. The fraction of sp³-hybridized carbons (Fsp3) is 0.412. The van der Waals surface area contributed by atoms with Crippen LogP contribution in [-0.4, -0.2) is 25.2 Å². The van der Waals surface area contributed by atoms with Gasteiger partial charge in [0.05, 0.1) is 6.07 Å². The monoisotopic (exact) mass is 360 g/mol. The quantitative estimate of drug-likeness (QED) is 0.839. The van der Waals surface area contributed by atoms with Gasteiger partial charge in [-0.2, -0.15) is 5.26 Å². The molecule has 1 saturated carbocycles. The summed E-state index contributed by atoms with van der Waals surface area (Å²) in [5.41, 5.74) is 0.584. The molecule has 2 aliphatic carbocycles. The number of aliphatic carboxylic acids is 1. The zero-order valence-corrected chi connectivity index (χ0v) is 14.0. The van der Waals surface area contributed by atoms with Crippen LogP contribution in [-0.2, 0) is 4.79 Å². The summed E-state index contributed by atoms with van der Waals surface area (Å²) in [6, 6.07) is 8.04. The lowest BCUT2D eigenvalue weighted by molar-refractivity contribution is -0.147. The van der Waals surface area contributed by atoms with E-state index in [1.165, 1.54) is 0 Å². The van der Waals surface area contributed by atoms with Gasteiger partial charge in [-0.05, 0) is 30.0 Å². The van der Waals surface area contributed by atoms with Crippen LogP contribution in [0.5, 0.6) is 0 Å². The number of anilines is 1. The summed E-state index contributed by atoms with van der Waals surface area (Å²) in [5, 5.41) is 19.5. The second-order valence-corrected chi connectivity index (χ2v) is 7.11. The van der Waals surface area contributed by atoms with Gasteiger partial charge in [-0.25, -0.2) is 0 Å². The third-order valence-corrected chi connectivity index (χ3v) is 5.68. The largest absolute Gasteiger partial charge is 0.480 e. The fourth-order valence-corrected chi connectivity index (χ4v) is 4.51. The van der Waals surface area contributed by atoms with Crippen LogP contribution in [0.1, 0.15) is 17.9 Å². The molecule has 4 nitrogen and oxygen atoms in total. The van der Waals surface area contributed by atoms with Crippen LogP contribution in [0, 0.1) is 28.6 Å². The number of carboxylic acid groups (broad SMARTS) is 1. The van der Waals surface area contributed by atoms with Crippen molar-refractivity contribution in [2.45, 2.75) is 12.3 Å². The van der Waals surface area contributed by atoms with E-state index in [1.807, 2.05) is 43.3 Å². The van der Waals surface area contributed by atoms with Crippen molar-refractivity contribution in [1.29, 1.82) is 5.26 Å². The highest BCUT2D eigenvalue weighted by Gasteiger charge is 2.62. The number of allylic oxidation sites excluding steroid dienone is 2. The van der Waals surface area contributed by atoms with E-state index in [0.29, 0.717) is 0 Å². The molecule has 1 aromatic rings. The Labute approximate surface area is 138 Å². The Morgan fingerprint density at radius 1 is 1.45 bits per heavy atom. The Hall–Kier alpha value is -1.80. The van der Waals surface area contributed by atoms with E-state index in [2.05, 4.69) is 28.1 Å². The van der Waals surface area contributed by atoms with Gasteiger partial charge in [0.15, 0.2) is 5.41 Å². The molecule has 2 aliphatic rings. The van der Waals surface area contributed by atoms with Crippen molar-refractivity contribution in [2.24, 2.45) is 17.3 Å². The number of halogens is 1. The maximum absolute atomic E-state index is 11.9. The molecule has 0 amide bonds. The van der Waals surface area contributed by atoms with Crippen LogP contribution < -0.4 is 4.90 Å². The smallest absolute Gasteiger partial charge is 0.325 e. The van der Waals surface area contributed by atoms with Crippen molar-refractivity contribution in [3.63, 3.8) is 0 Å². The Bertz CT molecular complexity index is 707. The van der Waals surface area contributed by atoms with Crippen LogP contribution in [0.15, 0.2) is 34.8 Å². The molecule has 2 bridgehead atoms. The Morgan fingerprint density at radius 2 is 2.18 bits per heavy atom. The number of hydrogen-bond donors (Lipinski definition) is 1. The highest BCUT2D eigenvalue weighted by Crippen LogP contribution is 2.61. The van der Waals surface area contributed by atoms with E-state index in [-0.39, 0.29) is 17.8 Å². The minimum absolute atomic E-state index is 0.113. The Kier molecular flexibility index (Phi) is 3.53. The van der Waals surface area contributed by atoms with Gasteiger partial charge in [-0.1, -0.05) is 34.1 Å². The minimum atomic E-state index is -1.36. The SMILES string of the molecule is CN(C)c1ccc([C@@H]2[C@@H]3C=C[C@H](C3)[C@]2(C#N)C(=O)O)c(Br)c1. The first-order chi connectivity index (χ1) is 10.4. The normalized spacial score (nSPS) is 32.0. The first-order valence-corrected chi connectivity index (χ1v) is 8.01. The Balaban J connectivity index is 2.13. The molecule has 0 radical (unpaired) electrons. The van der Waals surface area contributed by atoms with Crippen LogP contribution in [0.4, 0.5) is 5.69 Å². The van der Waals surface area contributed by atoms with Gasteiger partial charge in [0, 0.05) is 36.1 Å². The molecule has 0 heterocycles. The molecule has 3 rings (SSSR count). The minimum Gasteiger partial charge on any atom is -0.480 e. The summed E-state index contributed by atoms with van der Waals surface area (Å²) in [4.78, 5) is 13.9. The van der Waals surface area contributed by atoms with Gasteiger partial charge in [0.1, 0.15) is 0 Å². The van der Waals surface area contributed by atoms with Crippen molar-refractivity contribution in [3.05, 3.63) is 40.4 Å². The highest BCUT2D eigenvalue weighted by atomic mass is 79.9. The van der Waals surface area contributed by atoms with E-state index in [4.69, 9.17) is 0 Å². The number of hydrogen-bond acceptors (Lipinski definition) is 3. The summed E-state index contributed by atoms with van der Waals surface area (Å²) in [7, 11) is 3.91. The zero-order chi connectivity index (χ0) is 16.1. The van der Waals surface area contributed by atoms with Gasteiger partial charge >= 0.3 is 5.97 Å². The third-order valence-electron chi connectivity index (χ3n) is 4.99. The van der Waals surface area contributed by atoms with Crippen molar-refractivity contribution < 1.29 is 9.90 Å². The molecule has 1 fully saturated rings. The van der Waals surface area contributed by atoms with E-state index in [0.717, 1.165) is 22.1 Å². The molecule has 1 aromatic carbocycles. The number of benzene rings is 1. The van der Waals surface area contributed by atoms with Crippen LogP contribution >= 0.6 is 15.9 Å². The average molecular weight is 361 g/mol. The van der Waals surface area contributed by atoms with Crippen LogP contribution in [0.25, 0.3) is 0 Å². The lowest BCUT2D eigenvalue weighted by Crippen LogP contribution is -2.39. The van der Waals surface area contributed by atoms with E-state index in [9.17, 15) is 15.2 Å². The lowest BCUT2D eigenvalue weighted by Gasteiger charge is -2.33. The van der Waals surface area contributed by atoms with Crippen LogP contribution in [0.3, 0.4) is 0 Å². The molecule has 0 saturated heterocycles. The summed E-state index contributed by atoms with van der Waals surface area (Å²) in [6.45, 7) is 0. The molecule has 0 aliphatic heterocycles. The standard InChI is InChI=1S/C17H17BrN2O2/c1-20(2)12-5-6-13(14(18)8-12)15-10-3-4-11(7-10)17(15,9-19)16(21)22/h3-6,8,10-11,15H,7H2,1-2H3,(H,21,22)/t10-,11-,15+,17+/m1/s1. The maximum atomic E-state index is 11.9. The van der Waals surface area contributed by atoms with Crippen molar-refractivity contribution in [1.82, 2.24) is 0 Å². The number of fused-ring (bicyclic) bond motifs is 2. The van der Waals surface area contributed by atoms with Crippen molar-refractivity contribution >= 4 is 27.6 Å². The predicted molar refractivity (Wildman–Crippen MR) is 87.6 cm³/mol. The molecule has 22 heavy (non-hydrogen) atoms. The fourth-order valence-electron chi connectivity index (χ4n) is 3.89. The van der Waals surface area contributed by atoms with E-state index in [1.54, 1.807) is 0 Å². The van der Waals surface area contributed by atoms with Gasteiger partial charge in [-0.3, -0.25) is 4.79 Å². The number of carboxylic acids is 1. The van der Waals surface area contributed by atoms with E-state index < -0.39 is 11.4 Å². The molecular formula is C17H17BrN2O2. The molecule has 1 N–H and O–H groups in total. The molecule has 0 aromatic heterocycles. The van der Waals surface area contributed by atoms with Gasteiger partial charge in [0.2, 0.25) is 0 Å². The van der Waals surface area contributed by atoms with Gasteiger partial charge in [0.25, 0.3) is 0 Å². The molecule has 4 atom stereocenters. The maximum Gasteiger partial charge on any atom is 0.325 e. The average Bonchev–Trinajstić information content (AvgIpc) is 3.06. The van der Waals surface area contributed by atoms with E-state index >= 15 is 0 Å². The summed E-state index contributed by atoms with van der Waals surface area (Å²) >= 11 is 3.57. The first-order valence-electron chi connectivity index (χ1n) is 7.21. The van der Waals surface area contributed by atoms with Crippen LogP contribution in [0.2, 0.25) is 0 Å². The second-order valence-electron chi connectivity index (χ2n) is 6.25. The first kappa shape index (κ1) is 15.1. The predicted octanol–water partition coefficient (Wildman–Crippen LogP) is 3.40. The Morgan fingerprint density at radius 3 is 2.73 bits per heavy atom. The summed E-state index contributed by atoms with van der Waals surface area (Å²) in [5.74, 6) is -1.41.